The summed E-state index contributed by atoms with van der Waals surface area (Å²) in [5, 5.41) is 10.2. The number of aryl methyl sites for hydroxylation is 1. The summed E-state index contributed by atoms with van der Waals surface area (Å²) in [6, 6.07) is 2.08. The van der Waals surface area contributed by atoms with E-state index in [1.54, 1.807) is 0 Å². The number of aromatic nitrogens is 1. The number of hydrogen-bond donors (Lipinski definition) is 1. The van der Waals surface area contributed by atoms with Crippen LogP contribution in [0.3, 0.4) is 0 Å². The zero-order chi connectivity index (χ0) is 13.2. The van der Waals surface area contributed by atoms with E-state index >= 15 is 0 Å². The molecule has 2 rings (SSSR count). The van der Waals surface area contributed by atoms with Crippen LogP contribution in [0.5, 0.6) is 0 Å². The van der Waals surface area contributed by atoms with Crippen LogP contribution >= 0.6 is 0 Å². The van der Waals surface area contributed by atoms with Gasteiger partial charge in [-0.3, -0.25) is 0 Å². The average Bonchev–Trinajstić information content (AvgIpc) is 2.66. The molecule has 3 nitrogen and oxygen atoms in total. The van der Waals surface area contributed by atoms with Crippen molar-refractivity contribution >= 4 is 0 Å². The molecule has 102 valence electrons. The van der Waals surface area contributed by atoms with E-state index in [1.807, 2.05) is 6.92 Å². The van der Waals surface area contributed by atoms with Crippen LogP contribution < -0.4 is 0 Å². The molecule has 1 atom stereocenters. The number of ether oxygens (including phenoxy) is 1. The third-order valence-corrected chi connectivity index (χ3v) is 3.76. The second-order valence-electron chi connectivity index (χ2n) is 6.02. The normalized spacial score (nSPS) is 21.9. The van der Waals surface area contributed by atoms with Crippen LogP contribution in [-0.2, 0) is 17.7 Å². The Morgan fingerprint density at radius 3 is 3.00 bits per heavy atom. The van der Waals surface area contributed by atoms with Crippen LogP contribution in [0.1, 0.15) is 51.0 Å². The van der Waals surface area contributed by atoms with E-state index in [0.717, 1.165) is 44.6 Å². The van der Waals surface area contributed by atoms with Gasteiger partial charge in [0.25, 0.3) is 0 Å². The number of nitrogens with zero attached hydrogens (tertiary/aromatic N) is 1. The molecule has 1 aromatic rings. The van der Waals surface area contributed by atoms with Crippen molar-refractivity contribution in [2.24, 2.45) is 5.41 Å². The zero-order valence-corrected chi connectivity index (χ0v) is 11.8. The lowest BCUT2D eigenvalue weighted by atomic mass is 9.75. The Morgan fingerprint density at radius 2 is 2.28 bits per heavy atom. The van der Waals surface area contributed by atoms with E-state index in [2.05, 4.69) is 30.7 Å². The Kier molecular flexibility index (Phi) is 4.13. The molecule has 0 bridgehead atoms. The van der Waals surface area contributed by atoms with Crippen molar-refractivity contribution in [1.82, 2.24) is 4.57 Å². The fraction of sp³-hybridized carbons (Fsp3) is 0.733. The minimum atomic E-state index is -0.295. The Morgan fingerprint density at radius 1 is 1.50 bits per heavy atom. The van der Waals surface area contributed by atoms with Crippen LogP contribution in [0.25, 0.3) is 0 Å². The maximum absolute atomic E-state index is 10.2. The Bertz CT molecular complexity index is 395. The second kappa shape index (κ2) is 5.45. The summed E-state index contributed by atoms with van der Waals surface area (Å²) in [5.74, 6) is 0. The molecule has 0 saturated carbocycles. The summed E-state index contributed by atoms with van der Waals surface area (Å²) >= 11 is 0. The first-order valence-electron chi connectivity index (χ1n) is 6.97. The first-order valence-corrected chi connectivity index (χ1v) is 6.97. The molecule has 1 aliphatic carbocycles. The third kappa shape index (κ3) is 2.96. The lowest BCUT2D eigenvalue weighted by molar-refractivity contribution is 0.0975. The largest absolute Gasteiger partial charge is 0.388 e. The fourth-order valence-electron chi connectivity index (χ4n) is 2.88. The molecule has 1 heterocycles. The lowest BCUT2D eigenvalue weighted by Crippen LogP contribution is -2.26. The summed E-state index contributed by atoms with van der Waals surface area (Å²) in [7, 11) is 0. The monoisotopic (exact) mass is 251 g/mol. The second-order valence-corrected chi connectivity index (χ2v) is 6.02. The highest BCUT2D eigenvalue weighted by Gasteiger charge is 2.32. The molecule has 1 aliphatic rings. The molecule has 1 N–H and O–H groups in total. The molecule has 0 fully saturated rings. The molecule has 0 amide bonds. The first kappa shape index (κ1) is 13.6. The number of aliphatic hydroxyl groups is 1. The third-order valence-electron chi connectivity index (χ3n) is 3.76. The van der Waals surface area contributed by atoms with Crippen LogP contribution in [0.2, 0.25) is 0 Å². The highest BCUT2D eigenvalue weighted by Crippen LogP contribution is 2.41. The SMILES string of the molecule is CCOCCCn1ccc2c1CC(C)(C)CC2O. The molecular formula is C15H25NO2. The smallest absolute Gasteiger partial charge is 0.0812 e. The van der Waals surface area contributed by atoms with Gasteiger partial charge in [-0.15, -0.1) is 0 Å². The number of hydrogen-bond acceptors (Lipinski definition) is 2. The van der Waals surface area contributed by atoms with Crippen molar-refractivity contribution in [1.29, 1.82) is 0 Å². The first-order chi connectivity index (χ1) is 8.53. The predicted octanol–water partition coefficient (Wildman–Crippen LogP) is 2.92. The van der Waals surface area contributed by atoms with Gasteiger partial charge >= 0.3 is 0 Å². The topological polar surface area (TPSA) is 34.4 Å². The summed E-state index contributed by atoms with van der Waals surface area (Å²) in [4.78, 5) is 0. The van der Waals surface area contributed by atoms with E-state index < -0.39 is 0 Å². The lowest BCUT2D eigenvalue weighted by Gasteiger charge is -2.34. The van der Waals surface area contributed by atoms with Crippen molar-refractivity contribution in [3.05, 3.63) is 23.5 Å². The van der Waals surface area contributed by atoms with Gasteiger partial charge in [-0.25, -0.2) is 0 Å². The summed E-state index contributed by atoms with van der Waals surface area (Å²) in [6.07, 6.45) is 4.77. The van der Waals surface area contributed by atoms with Crippen LogP contribution in [-0.4, -0.2) is 22.9 Å². The summed E-state index contributed by atoms with van der Waals surface area (Å²) < 4.78 is 7.67. The standard InChI is InChI=1S/C15H25NO2/c1-4-18-9-5-7-16-8-6-12-13(16)10-15(2,3)11-14(12)17/h6,8,14,17H,4-5,7,9-11H2,1-3H3. The van der Waals surface area contributed by atoms with Gasteiger partial charge in [0.15, 0.2) is 0 Å². The van der Waals surface area contributed by atoms with Gasteiger partial charge < -0.3 is 14.4 Å². The molecule has 0 aromatic carbocycles. The van der Waals surface area contributed by atoms with Crippen molar-refractivity contribution in [3.8, 4) is 0 Å². The van der Waals surface area contributed by atoms with Crippen LogP contribution in [0.4, 0.5) is 0 Å². The van der Waals surface area contributed by atoms with Gasteiger partial charge in [-0.05, 0) is 37.7 Å². The minimum absolute atomic E-state index is 0.197. The summed E-state index contributed by atoms with van der Waals surface area (Å²) in [6.45, 7) is 9.08. The molecular weight excluding hydrogens is 226 g/mol. The predicted molar refractivity (Wildman–Crippen MR) is 72.6 cm³/mol. The van der Waals surface area contributed by atoms with E-state index in [-0.39, 0.29) is 11.5 Å². The van der Waals surface area contributed by atoms with E-state index in [4.69, 9.17) is 4.74 Å². The maximum Gasteiger partial charge on any atom is 0.0812 e. The van der Waals surface area contributed by atoms with Crippen molar-refractivity contribution in [3.63, 3.8) is 0 Å². The van der Waals surface area contributed by atoms with E-state index in [0.29, 0.717) is 0 Å². The molecule has 18 heavy (non-hydrogen) atoms. The molecule has 1 unspecified atom stereocenters. The van der Waals surface area contributed by atoms with Crippen molar-refractivity contribution in [2.75, 3.05) is 13.2 Å². The van der Waals surface area contributed by atoms with Gasteiger partial charge in [0.1, 0.15) is 0 Å². The molecule has 0 radical (unpaired) electrons. The number of fused-ring (bicyclic) bond motifs is 1. The molecule has 1 aromatic heterocycles. The average molecular weight is 251 g/mol. The van der Waals surface area contributed by atoms with Crippen molar-refractivity contribution in [2.45, 2.75) is 52.7 Å². The molecule has 0 saturated heterocycles. The van der Waals surface area contributed by atoms with E-state index in [9.17, 15) is 5.11 Å². The quantitative estimate of drug-likeness (QED) is 0.816. The van der Waals surface area contributed by atoms with Gasteiger partial charge in [0.05, 0.1) is 6.10 Å². The molecule has 0 spiro atoms. The van der Waals surface area contributed by atoms with Crippen molar-refractivity contribution < 1.29 is 9.84 Å². The van der Waals surface area contributed by atoms with Gasteiger partial charge in [0.2, 0.25) is 0 Å². The van der Waals surface area contributed by atoms with Gasteiger partial charge in [0, 0.05) is 37.2 Å². The summed E-state index contributed by atoms with van der Waals surface area (Å²) in [5.41, 5.74) is 2.64. The highest BCUT2D eigenvalue weighted by molar-refractivity contribution is 5.29. The zero-order valence-electron chi connectivity index (χ0n) is 11.8. The highest BCUT2D eigenvalue weighted by atomic mass is 16.5. The molecule has 3 heteroatoms. The maximum atomic E-state index is 10.2. The van der Waals surface area contributed by atoms with Gasteiger partial charge in [-0.2, -0.15) is 0 Å². The van der Waals surface area contributed by atoms with Crippen LogP contribution in [0, 0.1) is 5.41 Å². The Hall–Kier alpha value is -0.800. The number of rotatable bonds is 5. The fourth-order valence-corrected chi connectivity index (χ4v) is 2.88. The minimum Gasteiger partial charge on any atom is -0.388 e. The van der Waals surface area contributed by atoms with Crippen LogP contribution in [0.15, 0.2) is 12.3 Å². The Balaban J connectivity index is 2.06. The molecule has 0 aliphatic heterocycles. The van der Waals surface area contributed by atoms with Gasteiger partial charge in [-0.1, -0.05) is 13.8 Å². The number of aliphatic hydroxyl groups excluding tert-OH is 1. The van der Waals surface area contributed by atoms with E-state index in [1.165, 1.54) is 5.69 Å². The Labute approximate surface area is 110 Å².